The normalized spacial score (nSPS) is 12.5. The second-order valence-electron chi connectivity index (χ2n) is 2.30. The molecule has 0 aliphatic carbocycles. The number of nitrogens with one attached hydrogen (secondary N) is 2. The zero-order valence-electron chi connectivity index (χ0n) is 6.16. The third kappa shape index (κ3) is 2.00. The molecule has 0 amide bonds. The summed E-state index contributed by atoms with van der Waals surface area (Å²) >= 11 is 0. The Morgan fingerprint density at radius 3 is 3.00 bits per heavy atom. The van der Waals surface area contributed by atoms with Gasteiger partial charge in [-0.15, -0.1) is 0 Å². The van der Waals surface area contributed by atoms with Gasteiger partial charge in [0.15, 0.2) is 0 Å². The first-order chi connectivity index (χ1) is 5.20. The van der Waals surface area contributed by atoms with E-state index in [0.29, 0.717) is 0 Å². The van der Waals surface area contributed by atoms with Crippen molar-refractivity contribution in [2.45, 2.75) is 13.0 Å². The van der Waals surface area contributed by atoms with E-state index in [1.165, 1.54) is 0 Å². The van der Waals surface area contributed by atoms with Crippen molar-refractivity contribution < 1.29 is 9.90 Å². The number of aromatic amines is 1. The van der Waals surface area contributed by atoms with Crippen LogP contribution in [0.3, 0.4) is 0 Å². The van der Waals surface area contributed by atoms with Gasteiger partial charge in [0, 0.05) is 12.4 Å². The molecule has 1 heterocycles. The van der Waals surface area contributed by atoms with E-state index in [1.807, 2.05) is 0 Å². The second kappa shape index (κ2) is 3.09. The van der Waals surface area contributed by atoms with Gasteiger partial charge in [0.1, 0.15) is 6.04 Å². The monoisotopic (exact) mass is 154 g/mol. The molecule has 1 unspecified atom stereocenters. The molecule has 0 saturated heterocycles. The number of H-pyrrole nitrogens is 1. The van der Waals surface area contributed by atoms with Crippen LogP contribution in [0.1, 0.15) is 6.92 Å². The van der Waals surface area contributed by atoms with Gasteiger partial charge < -0.3 is 15.4 Å². The molecule has 60 valence electrons. The first kappa shape index (κ1) is 7.65. The van der Waals surface area contributed by atoms with E-state index in [2.05, 4.69) is 10.3 Å². The van der Waals surface area contributed by atoms with Gasteiger partial charge in [-0.2, -0.15) is 0 Å². The zero-order valence-corrected chi connectivity index (χ0v) is 6.16. The summed E-state index contributed by atoms with van der Waals surface area (Å²) in [6.45, 7) is 1.59. The lowest BCUT2D eigenvalue weighted by Gasteiger charge is -2.07. The Bertz CT molecular complexity index is 231. The van der Waals surface area contributed by atoms with Gasteiger partial charge in [0.25, 0.3) is 0 Å². The molecular formula is C7H10N2O2. The third-order valence-electron chi connectivity index (χ3n) is 1.35. The Labute approximate surface area is 64.2 Å². The highest BCUT2D eigenvalue weighted by Crippen LogP contribution is 2.05. The summed E-state index contributed by atoms with van der Waals surface area (Å²) in [7, 11) is 0. The molecule has 0 aliphatic heterocycles. The fourth-order valence-electron chi connectivity index (χ4n) is 0.725. The van der Waals surface area contributed by atoms with Crippen LogP contribution in [0.25, 0.3) is 0 Å². The van der Waals surface area contributed by atoms with Gasteiger partial charge in [-0.05, 0) is 13.0 Å². The van der Waals surface area contributed by atoms with Gasteiger partial charge in [0.05, 0.1) is 5.69 Å². The third-order valence-corrected chi connectivity index (χ3v) is 1.35. The SMILES string of the molecule is CC(Nc1cc[nH]c1)C(=O)O. The average Bonchev–Trinajstić information content (AvgIpc) is 2.39. The molecule has 4 nitrogen and oxygen atoms in total. The van der Waals surface area contributed by atoms with E-state index < -0.39 is 12.0 Å². The maximum Gasteiger partial charge on any atom is 0.325 e. The highest BCUT2D eigenvalue weighted by molar-refractivity contribution is 5.76. The van der Waals surface area contributed by atoms with Crippen molar-refractivity contribution in [1.82, 2.24) is 4.98 Å². The maximum absolute atomic E-state index is 10.4. The molecule has 1 aromatic heterocycles. The molecule has 11 heavy (non-hydrogen) atoms. The molecule has 0 radical (unpaired) electrons. The van der Waals surface area contributed by atoms with Crippen LogP contribution in [-0.2, 0) is 4.79 Å². The maximum atomic E-state index is 10.4. The molecule has 0 saturated carbocycles. The van der Waals surface area contributed by atoms with Crippen LogP contribution in [0, 0.1) is 0 Å². The lowest BCUT2D eigenvalue weighted by Crippen LogP contribution is -2.24. The number of hydrogen-bond acceptors (Lipinski definition) is 2. The predicted octanol–water partition coefficient (Wildman–Crippen LogP) is 0.900. The Hall–Kier alpha value is -1.45. The number of aliphatic carboxylic acids is 1. The summed E-state index contributed by atoms with van der Waals surface area (Å²) in [6, 6.07) is 1.23. The smallest absolute Gasteiger partial charge is 0.325 e. The summed E-state index contributed by atoms with van der Waals surface area (Å²) in [5.74, 6) is -0.855. The van der Waals surface area contributed by atoms with Crippen molar-refractivity contribution in [1.29, 1.82) is 0 Å². The fraction of sp³-hybridized carbons (Fsp3) is 0.286. The molecule has 0 aromatic carbocycles. The summed E-state index contributed by atoms with van der Waals surface area (Å²) < 4.78 is 0. The molecule has 0 aliphatic rings. The summed E-state index contributed by atoms with van der Waals surface area (Å²) in [6.07, 6.45) is 3.44. The molecule has 0 bridgehead atoms. The zero-order chi connectivity index (χ0) is 8.27. The van der Waals surface area contributed by atoms with Gasteiger partial charge in [-0.3, -0.25) is 4.79 Å². The Balaban J connectivity index is 2.50. The minimum absolute atomic E-state index is 0.550. The van der Waals surface area contributed by atoms with Gasteiger partial charge in [0.2, 0.25) is 0 Å². The van der Waals surface area contributed by atoms with Crippen LogP contribution < -0.4 is 5.32 Å². The number of anilines is 1. The van der Waals surface area contributed by atoms with Crippen LogP contribution in [0.5, 0.6) is 0 Å². The minimum atomic E-state index is -0.855. The van der Waals surface area contributed by atoms with Crippen LogP contribution in [-0.4, -0.2) is 22.1 Å². The number of carboxylic acids is 1. The Kier molecular flexibility index (Phi) is 2.15. The lowest BCUT2D eigenvalue weighted by molar-refractivity contribution is -0.137. The van der Waals surface area contributed by atoms with E-state index >= 15 is 0 Å². The van der Waals surface area contributed by atoms with Crippen molar-refractivity contribution in [3.63, 3.8) is 0 Å². The number of aromatic nitrogens is 1. The van der Waals surface area contributed by atoms with Gasteiger partial charge in [-0.1, -0.05) is 0 Å². The highest BCUT2D eigenvalue weighted by atomic mass is 16.4. The first-order valence-corrected chi connectivity index (χ1v) is 3.32. The van der Waals surface area contributed by atoms with E-state index in [0.717, 1.165) is 5.69 Å². The summed E-state index contributed by atoms with van der Waals surface area (Å²) in [5.41, 5.74) is 0.792. The summed E-state index contributed by atoms with van der Waals surface area (Å²) in [5, 5.41) is 11.3. The van der Waals surface area contributed by atoms with Crippen LogP contribution >= 0.6 is 0 Å². The largest absolute Gasteiger partial charge is 0.480 e. The van der Waals surface area contributed by atoms with E-state index in [-0.39, 0.29) is 0 Å². The van der Waals surface area contributed by atoms with Crippen LogP contribution in [0.2, 0.25) is 0 Å². The number of hydrogen-bond donors (Lipinski definition) is 3. The van der Waals surface area contributed by atoms with Gasteiger partial charge in [-0.25, -0.2) is 0 Å². The number of rotatable bonds is 3. The fourth-order valence-corrected chi connectivity index (χ4v) is 0.725. The molecule has 3 N–H and O–H groups in total. The first-order valence-electron chi connectivity index (χ1n) is 3.32. The van der Waals surface area contributed by atoms with Crippen LogP contribution in [0.4, 0.5) is 5.69 Å². The van der Waals surface area contributed by atoms with E-state index in [9.17, 15) is 4.79 Å². The quantitative estimate of drug-likeness (QED) is 0.606. The average molecular weight is 154 g/mol. The standard InChI is InChI=1S/C7H10N2O2/c1-5(7(10)11)9-6-2-3-8-4-6/h2-5,8-9H,1H3,(H,10,11). The van der Waals surface area contributed by atoms with E-state index in [1.54, 1.807) is 25.4 Å². The topological polar surface area (TPSA) is 65.1 Å². The lowest BCUT2D eigenvalue weighted by atomic mass is 10.3. The number of carbonyl (C=O) groups is 1. The molecule has 1 rings (SSSR count). The van der Waals surface area contributed by atoms with E-state index in [4.69, 9.17) is 5.11 Å². The molecular weight excluding hydrogens is 144 g/mol. The van der Waals surface area contributed by atoms with Crippen molar-refractivity contribution in [3.05, 3.63) is 18.5 Å². The van der Waals surface area contributed by atoms with Crippen molar-refractivity contribution >= 4 is 11.7 Å². The van der Waals surface area contributed by atoms with Crippen molar-refractivity contribution in [3.8, 4) is 0 Å². The Morgan fingerprint density at radius 1 is 1.82 bits per heavy atom. The second-order valence-corrected chi connectivity index (χ2v) is 2.30. The molecule has 0 spiro atoms. The molecule has 4 heteroatoms. The summed E-state index contributed by atoms with van der Waals surface area (Å²) in [4.78, 5) is 13.2. The van der Waals surface area contributed by atoms with Crippen molar-refractivity contribution in [2.75, 3.05) is 5.32 Å². The highest BCUT2D eigenvalue weighted by Gasteiger charge is 2.09. The molecule has 0 fully saturated rings. The van der Waals surface area contributed by atoms with Crippen molar-refractivity contribution in [2.24, 2.45) is 0 Å². The Morgan fingerprint density at radius 2 is 2.55 bits per heavy atom. The molecule has 1 aromatic rings. The molecule has 1 atom stereocenters. The van der Waals surface area contributed by atoms with Crippen LogP contribution in [0.15, 0.2) is 18.5 Å². The number of carboxylic acid groups (broad SMARTS) is 1. The van der Waals surface area contributed by atoms with Gasteiger partial charge >= 0.3 is 5.97 Å². The predicted molar refractivity (Wildman–Crippen MR) is 41.5 cm³/mol. The minimum Gasteiger partial charge on any atom is -0.480 e.